The smallest absolute Gasteiger partial charge is 0.178 e. The molecular weight excluding hydrogens is 363 g/mol. The van der Waals surface area contributed by atoms with Crippen LogP contribution in [0.5, 0.6) is 0 Å². The summed E-state index contributed by atoms with van der Waals surface area (Å²) in [7, 11) is -3.58. The van der Waals surface area contributed by atoms with Gasteiger partial charge in [0.05, 0.1) is 0 Å². The number of aromatic nitrogens is 1. The number of sulfone groups is 1. The van der Waals surface area contributed by atoms with Gasteiger partial charge in [0.25, 0.3) is 0 Å². The molecule has 0 aliphatic carbocycles. The molecule has 0 bridgehead atoms. The number of rotatable bonds is 3. The minimum Gasteiger partial charge on any atom is -0.366 e. The number of hydrogen-bond donors (Lipinski definition) is 1. The first-order valence-electron chi connectivity index (χ1n) is 8.84. The summed E-state index contributed by atoms with van der Waals surface area (Å²) in [5.41, 5.74) is 6.12. The largest absolute Gasteiger partial charge is 0.366 e. The zero-order chi connectivity index (χ0) is 19.2. The van der Waals surface area contributed by atoms with Crippen molar-refractivity contribution >= 4 is 15.5 Å². The first-order valence-corrected chi connectivity index (χ1v) is 10.7. The Morgan fingerprint density at radius 1 is 1.11 bits per heavy atom. The van der Waals surface area contributed by atoms with Crippen LogP contribution >= 0.6 is 0 Å². The zero-order valence-corrected chi connectivity index (χ0v) is 16.1. The maximum Gasteiger partial charge on any atom is 0.178 e. The minimum atomic E-state index is -3.58. The number of H-pyrrole nitrogens is 1. The van der Waals surface area contributed by atoms with E-state index in [1.54, 1.807) is 0 Å². The normalized spacial score (nSPS) is 14.3. The molecule has 140 valence electrons. The lowest BCUT2D eigenvalue weighted by Gasteiger charge is -2.30. The SMILES string of the molecule is Cc1cc(S(C)(=O)=O)c(F)cc1N1CCc2[nH]c(-c3ccccc3)cc2C1. The Labute approximate surface area is 158 Å². The summed E-state index contributed by atoms with van der Waals surface area (Å²) in [6.07, 6.45) is 1.86. The second-order valence-electron chi connectivity index (χ2n) is 7.07. The molecule has 0 radical (unpaired) electrons. The number of nitrogens with one attached hydrogen (secondary N) is 1. The van der Waals surface area contributed by atoms with E-state index in [0.717, 1.165) is 41.7 Å². The Morgan fingerprint density at radius 2 is 1.85 bits per heavy atom. The van der Waals surface area contributed by atoms with Crippen LogP contribution in [0.25, 0.3) is 11.3 Å². The number of fused-ring (bicyclic) bond motifs is 1. The molecule has 0 atom stereocenters. The Balaban J connectivity index is 1.66. The lowest BCUT2D eigenvalue weighted by Crippen LogP contribution is -2.30. The fourth-order valence-corrected chi connectivity index (χ4v) is 4.49. The van der Waals surface area contributed by atoms with Gasteiger partial charge in [-0.1, -0.05) is 30.3 Å². The first kappa shape index (κ1) is 17.8. The highest BCUT2D eigenvalue weighted by Crippen LogP contribution is 2.32. The van der Waals surface area contributed by atoms with Gasteiger partial charge in [0.1, 0.15) is 10.7 Å². The van der Waals surface area contributed by atoms with Gasteiger partial charge in [-0.3, -0.25) is 0 Å². The van der Waals surface area contributed by atoms with Crippen LogP contribution in [0.4, 0.5) is 10.1 Å². The second kappa shape index (κ2) is 6.53. The predicted molar refractivity (Wildman–Crippen MR) is 105 cm³/mol. The quantitative estimate of drug-likeness (QED) is 0.740. The van der Waals surface area contributed by atoms with Crippen molar-refractivity contribution in [1.29, 1.82) is 0 Å². The molecule has 4 nitrogen and oxygen atoms in total. The topological polar surface area (TPSA) is 53.2 Å². The number of anilines is 1. The first-order chi connectivity index (χ1) is 12.8. The van der Waals surface area contributed by atoms with E-state index in [9.17, 15) is 12.8 Å². The average molecular weight is 384 g/mol. The van der Waals surface area contributed by atoms with Crippen molar-refractivity contribution in [2.45, 2.75) is 24.8 Å². The molecular formula is C21H21FN2O2S. The molecule has 0 unspecified atom stereocenters. The molecule has 0 spiro atoms. The highest BCUT2D eigenvalue weighted by atomic mass is 32.2. The third-order valence-electron chi connectivity index (χ3n) is 5.06. The van der Waals surface area contributed by atoms with E-state index in [-0.39, 0.29) is 4.90 Å². The Morgan fingerprint density at radius 3 is 2.56 bits per heavy atom. The molecule has 3 aromatic rings. The lowest BCUT2D eigenvalue weighted by molar-refractivity contribution is 0.569. The van der Waals surface area contributed by atoms with E-state index in [1.165, 1.54) is 23.4 Å². The van der Waals surface area contributed by atoms with Crippen molar-refractivity contribution in [1.82, 2.24) is 4.98 Å². The molecule has 4 rings (SSSR count). The molecule has 1 N–H and O–H groups in total. The number of aryl methyl sites for hydroxylation is 1. The molecule has 6 heteroatoms. The third-order valence-corrected chi connectivity index (χ3v) is 6.17. The summed E-state index contributed by atoms with van der Waals surface area (Å²) in [5.74, 6) is -0.692. The second-order valence-corrected chi connectivity index (χ2v) is 9.05. The number of aromatic amines is 1. The number of nitrogens with zero attached hydrogens (tertiary/aromatic N) is 1. The van der Waals surface area contributed by atoms with Gasteiger partial charge in [-0.2, -0.15) is 0 Å². The molecule has 0 saturated heterocycles. The zero-order valence-electron chi connectivity index (χ0n) is 15.3. The van der Waals surface area contributed by atoms with Crippen molar-refractivity contribution in [3.63, 3.8) is 0 Å². The highest BCUT2D eigenvalue weighted by Gasteiger charge is 2.23. The highest BCUT2D eigenvalue weighted by molar-refractivity contribution is 7.90. The molecule has 2 heterocycles. The van der Waals surface area contributed by atoms with Gasteiger partial charge in [0, 0.05) is 42.8 Å². The Kier molecular flexibility index (Phi) is 4.30. The summed E-state index contributed by atoms with van der Waals surface area (Å²) in [6.45, 7) is 3.24. The molecule has 2 aromatic carbocycles. The maximum atomic E-state index is 14.4. The molecule has 1 aromatic heterocycles. The number of hydrogen-bond acceptors (Lipinski definition) is 3. The summed E-state index contributed by atoms with van der Waals surface area (Å²) in [5, 5.41) is 0. The van der Waals surface area contributed by atoms with E-state index in [4.69, 9.17) is 0 Å². The van der Waals surface area contributed by atoms with E-state index in [0.29, 0.717) is 6.54 Å². The average Bonchev–Trinajstić information content (AvgIpc) is 3.06. The molecule has 1 aliphatic heterocycles. The van der Waals surface area contributed by atoms with Crippen LogP contribution in [0.1, 0.15) is 16.8 Å². The molecule has 0 saturated carbocycles. The van der Waals surface area contributed by atoms with Gasteiger partial charge in [-0.25, -0.2) is 12.8 Å². The van der Waals surface area contributed by atoms with Gasteiger partial charge in [0.15, 0.2) is 9.84 Å². The van der Waals surface area contributed by atoms with Crippen LogP contribution in [0.15, 0.2) is 53.4 Å². The van der Waals surface area contributed by atoms with E-state index in [1.807, 2.05) is 25.1 Å². The van der Waals surface area contributed by atoms with E-state index in [2.05, 4.69) is 28.1 Å². The van der Waals surface area contributed by atoms with Gasteiger partial charge in [-0.15, -0.1) is 0 Å². The maximum absolute atomic E-state index is 14.4. The third kappa shape index (κ3) is 3.37. The summed E-state index contributed by atoms with van der Waals surface area (Å²) in [4.78, 5) is 5.36. The standard InChI is InChI=1S/C21H21FN2O2S/c1-14-10-21(27(2,25)26)17(22)12-20(14)24-9-8-18-16(13-24)11-19(23-18)15-6-4-3-5-7-15/h3-7,10-12,23H,8-9,13H2,1-2H3. The van der Waals surface area contributed by atoms with Crippen LogP contribution in [0.2, 0.25) is 0 Å². The van der Waals surface area contributed by atoms with Gasteiger partial charge >= 0.3 is 0 Å². The number of halogens is 1. The van der Waals surface area contributed by atoms with E-state index < -0.39 is 15.7 Å². The monoisotopic (exact) mass is 384 g/mol. The van der Waals surface area contributed by atoms with Gasteiger partial charge < -0.3 is 9.88 Å². The fraction of sp³-hybridized carbons (Fsp3) is 0.238. The molecule has 27 heavy (non-hydrogen) atoms. The summed E-state index contributed by atoms with van der Waals surface area (Å²) >= 11 is 0. The lowest BCUT2D eigenvalue weighted by atomic mass is 10.0. The Hall–Kier alpha value is -2.60. The summed E-state index contributed by atoms with van der Waals surface area (Å²) in [6, 6.07) is 15.1. The van der Waals surface area contributed by atoms with Crippen LogP contribution in [-0.4, -0.2) is 26.2 Å². The van der Waals surface area contributed by atoms with Gasteiger partial charge in [-0.05, 0) is 41.8 Å². The van der Waals surface area contributed by atoms with Crippen LogP contribution in [-0.2, 0) is 22.8 Å². The molecule has 0 fully saturated rings. The molecule has 0 amide bonds. The minimum absolute atomic E-state index is 0.241. The van der Waals surface area contributed by atoms with Crippen LogP contribution < -0.4 is 4.90 Å². The Bertz CT molecular complexity index is 1100. The summed E-state index contributed by atoms with van der Waals surface area (Å²) < 4.78 is 37.9. The van der Waals surface area contributed by atoms with Crippen molar-refractivity contribution in [3.05, 3.63) is 71.2 Å². The van der Waals surface area contributed by atoms with Crippen molar-refractivity contribution in [3.8, 4) is 11.3 Å². The fourth-order valence-electron chi connectivity index (χ4n) is 3.68. The van der Waals surface area contributed by atoms with Gasteiger partial charge in [0.2, 0.25) is 0 Å². The van der Waals surface area contributed by atoms with Crippen molar-refractivity contribution < 1.29 is 12.8 Å². The molecule has 1 aliphatic rings. The number of benzene rings is 2. The van der Waals surface area contributed by atoms with E-state index >= 15 is 0 Å². The van der Waals surface area contributed by atoms with Crippen molar-refractivity contribution in [2.75, 3.05) is 17.7 Å². The van der Waals surface area contributed by atoms with Crippen molar-refractivity contribution in [2.24, 2.45) is 0 Å². The van der Waals surface area contributed by atoms with Crippen LogP contribution in [0, 0.1) is 12.7 Å². The van der Waals surface area contributed by atoms with Crippen LogP contribution in [0.3, 0.4) is 0 Å². The predicted octanol–water partition coefficient (Wildman–Crippen LogP) is 4.10.